The Labute approximate surface area is 170 Å². The first-order valence-corrected chi connectivity index (χ1v) is 12.6. The largest absolute Gasteiger partial charge is 0.339 e. The summed E-state index contributed by atoms with van der Waals surface area (Å²) < 4.78 is 25.5. The minimum Gasteiger partial charge on any atom is -0.339 e. The number of aryl methyl sites for hydroxylation is 1. The van der Waals surface area contributed by atoms with Gasteiger partial charge in [0, 0.05) is 38.8 Å². The normalized spacial score (nSPS) is 22.8. The van der Waals surface area contributed by atoms with Gasteiger partial charge in [-0.2, -0.15) is 0 Å². The summed E-state index contributed by atoms with van der Waals surface area (Å²) in [6.07, 6.45) is 0.722. The van der Waals surface area contributed by atoms with Crippen molar-refractivity contribution < 1.29 is 13.2 Å². The van der Waals surface area contributed by atoms with Crippen molar-refractivity contribution in [1.29, 1.82) is 0 Å². The Kier molecular flexibility index (Phi) is 5.66. The number of hydrogen-bond acceptors (Lipinski definition) is 6. The molecular formula is C19H26N4O3S2. The van der Waals surface area contributed by atoms with Crippen LogP contribution in [0.3, 0.4) is 0 Å². The average Bonchev–Trinajstić information content (AvgIpc) is 3.25. The van der Waals surface area contributed by atoms with E-state index in [0.29, 0.717) is 24.6 Å². The van der Waals surface area contributed by atoms with E-state index < -0.39 is 9.84 Å². The number of aromatic nitrogens is 2. The highest BCUT2D eigenvalue weighted by molar-refractivity contribution is 7.99. The predicted molar refractivity (Wildman–Crippen MR) is 111 cm³/mol. The van der Waals surface area contributed by atoms with Gasteiger partial charge in [-0.05, 0) is 25.5 Å². The fourth-order valence-corrected chi connectivity index (χ4v) is 6.83. The number of hydrogen-bond donors (Lipinski definition) is 0. The van der Waals surface area contributed by atoms with E-state index in [9.17, 15) is 13.2 Å². The Morgan fingerprint density at radius 3 is 2.64 bits per heavy atom. The van der Waals surface area contributed by atoms with Crippen molar-refractivity contribution in [3.8, 4) is 0 Å². The lowest BCUT2D eigenvalue weighted by atomic mass is 10.2. The molecule has 1 aromatic heterocycles. The van der Waals surface area contributed by atoms with Crippen molar-refractivity contribution in [1.82, 2.24) is 19.4 Å². The third kappa shape index (κ3) is 4.06. The summed E-state index contributed by atoms with van der Waals surface area (Å²) in [5.41, 5.74) is 2.06. The van der Waals surface area contributed by atoms with Crippen LogP contribution in [0.5, 0.6) is 0 Å². The Morgan fingerprint density at radius 1 is 1.21 bits per heavy atom. The number of amides is 1. The van der Waals surface area contributed by atoms with E-state index in [1.165, 1.54) is 11.8 Å². The third-order valence-electron chi connectivity index (χ3n) is 5.65. The highest BCUT2D eigenvalue weighted by atomic mass is 32.2. The van der Waals surface area contributed by atoms with E-state index in [4.69, 9.17) is 0 Å². The minimum absolute atomic E-state index is 0.124. The van der Waals surface area contributed by atoms with Crippen molar-refractivity contribution in [3.63, 3.8) is 0 Å². The number of sulfone groups is 1. The van der Waals surface area contributed by atoms with Gasteiger partial charge in [-0.15, -0.1) is 0 Å². The summed E-state index contributed by atoms with van der Waals surface area (Å²) in [5.74, 6) is 1.07. The van der Waals surface area contributed by atoms with Crippen molar-refractivity contribution >= 4 is 38.5 Å². The van der Waals surface area contributed by atoms with Gasteiger partial charge in [-0.25, -0.2) is 13.4 Å². The molecule has 2 saturated heterocycles. The van der Waals surface area contributed by atoms with Crippen molar-refractivity contribution in [2.24, 2.45) is 0 Å². The van der Waals surface area contributed by atoms with Crippen molar-refractivity contribution in [2.45, 2.75) is 31.1 Å². The Balaban J connectivity index is 1.32. The van der Waals surface area contributed by atoms with Crippen LogP contribution in [0, 0.1) is 0 Å². The molecule has 0 aliphatic carbocycles. The quantitative estimate of drug-likeness (QED) is 0.680. The Morgan fingerprint density at radius 2 is 1.96 bits per heavy atom. The lowest BCUT2D eigenvalue weighted by Gasteiger charge is -2.37. The standard InChI is InChI=1S/C19H26N4O3S2/c1-2-23-17-6-4-3-5-16(17)20-19(23)27-13-18(24)22-10-8-21(9-11-22)15-7-12-28(25,26)14-15/h3-6,15H,2,7-14H2,1H3. The van der Waals surface area contributed by atoms with E-state index >= 15 is 0 Å². The molecule has 1 amide bonds. The maximum Gasteiger partial charge on any atom is 0.233 e. The molecule has 9 heteroatoms. The van der Waals surface area contributed by atoms with Gasteiger partial charge in [0.1, 0.15) is 0 Å². The zero-order valence-corrected chi connectivity index (χ0v) is 17.7. The molecule has 3 heterocycles. The second kappa shape index (κ2) is 8.04. The summed E-state index contributed by atoms with van der Waals surface area (Å²) >= 11 is 1.49. The fourth-order valence-electron chi connectivity index (χ4n) is 4.09. The molecule has 2 aromatic rings. The summed E-state index contributed by atoms with van der Waals surface area (Å²) in [4.78, 5) is 21.5. The maximum atomic E-state index is 12.7. The molecule has 2 aliphatic heterocycles. The molecule has 1 aromatic carbocycles. The summed E-state index contributed by atoms with van der Waals surface area (Å²) in [5, 5.41) is 0.881. The van der Waals surface area contributed by atoms with Gasteiger partial charge in [0.05, 0.1) is 28.3 Å². The van der Waals surface area contributed by atoms with E-state index in [1.807, 2.05) is 23.1 Å². The minimum atomic E-state index is -2.87. The number of rotatable bonds is 5. The van der Waals surface area contributed by atoms with Gasteiger partial charge in [-0.1, -0.05) is 23.9 Å². The van der Waals surface area contributed by atoms with Crippen LogP contribution in [0.15, 0.2) is 29.4 Å². The van der Waals surface area contributed by atoms with Gasteiger partial charge in [0.15, 0.2) is 15.0 Å². The van der Waals surface area contributed by atoms with Gasteiger partial charge >= 0.3 is 0 Å². The number of carbonyl (C=O) groups is 1. The number of nitrogens with zero attached hydrogens (tertiary/aromatic N) is 4. The summed E-state index contributed by atoms with van der Waals surface area (Å²) in [6, 6.07) is 8.16. The molecule has 7 nitrogen and oxygen atoms in total. The van der Waals surface area contributed by atoms with Gasteiger partial charge in [0.25, 0.3) is 0 Å². The van der Waals surface area contributed by atoms with E-state index in [-0.39, 0.29) is 17.7 Å². The van der Waals surface area contributed by atoms with Crippen LogP contribution in [-0.2, 0) is 21.2 Å². The Hall–Kier alpha value is -1.58. The number of thioether (sulfide) groups is 1. The molecule has 0 bridgehead atoms. The monoisotopic (exact) mass is 422 g/mol. The van der Waals surface area contributed by atoms with Crippen LogP contribution < -0.4 is 0 Å². The number of imidazole rings is 1. The van der Waals surface area contributed by atoms with Crippen molar-refractivity contribution in [3.05, 3.63) is 24.3 Å². The number of carbonyl (C=O) groups excluding carboxylic acids is 1. The number of fused-ring (bicyclic) bond motifs is 1. The van der Waals surface area contributed by atoms with Crippen LogP contribution in [0.1, 0.15) is 13.3 Å². The predicted octanol–water partition coefficient (Wildman–Crippen LogP) is 1.48. The molecule has 4 rings (SSSR count). The fraction of sp³-hybridized carbons (Fsp3) is 0.579. The second-order valence-electron chi connectivity index (χ2n) is 7.39. The number of benzene rings is 1. The molecule has 1 unspecified atom stereocenters. The van der Waals surface area contributed by atoms with Crippen LogP contribution in [0.4, 0.5) is 0 Å². The molecule has 0 N–H and O–H groups in total. The van der Waals surface area contributed by atoms with Crippen LogP contribution >= 0.6 is 11.8 Å². The number of piperazine rings is 1. The SMILES string of the molecule is CCn1c(SCC(=O)N2CCN(C3CCS(=O)(=O)C3)CC2)nc2ccccc21. The summed E-state index contributed by atoms with van der Waals surface area (Å²) in [7, 11) is -2.87. The van der Waals surface area contributed by atoms with Gasteiger partial charge in [-0.3, -0.25) is 9.69 Å². The first-order valence-electron chi connectivity index (χ1n) is 9.77. The molecule has 152 valence electrons. The topological polar surface area (TPSA) is 75.5 Å². The zero-order chi connectivity index (χ0) is 19.7. The molecule has 28 heavy (non-hydrogen) atoms. The molecule has 0 saturated carbocycles. The first-order chi connectivity index (χ1) is 13.5. The van der Waals surface area contributed by atoms with Crippen LogP contribution in [0.2, 0.25) is 0 Å². The molecule has 0 radical (unpaired) electrons. The molecule has 2 fully saturated rings. The first kappa shape index (κ1) is 19.7. The van der Waals surface area contributed by atoms with E-state index in [1.54, 1.807) is 0 Å². The average molecular weight is 423 g/mol. The second-order valence-corrected chi connectivity index (χ2v) is 10.6. The van der Waals surface area contributed by atoms with Gasteiger partial charge < -0.3 is 9.47 Å². The molecule has 2 aliphatic rings. The lowest BCUT2D eigenvalue weighted by molar-refractivity contribution is -0.130. The molecule has 0 spiro atoms. The smallest absolute Gasteiger partial charge is 0.233 e. The van der Waals surface area contributed by atoms with E-state index in [2.05, 4.69) is 27.4 Å². The Bertz CT molecular complexity index is 965. The molecular weight excluding hydrogens is 396 g/mol. The lowest BCUT2D eigenvalue weighted by Crippen LogP contribution is -2.52. The zero-order valence-electron chi connectivity index (χ0n) is 16.1. The number of para-hydroxylation sites is 2. The summed E-state index contributed by atoms with van der Waals surface area (Å²) in [6.45, 7) is 5.75. The maximum absolute atomic E-state index is 12.7. The van der Waals surface area contributed by atoms with Gasteiger partial charge in [0.2, 0.25) is 5.91 Å². The van der Waals surface area contributed by atoms with Crippen LogP contribution in [0.25, 0.3) is 11.0 Å². The van der Waals surface area contributed by atoms with Crippen molar-refractivity contribution in [2.75, 3.05) is 43.4 Å². The highest BCUT2D eigenvalue weighted by Crippen LogP contribution is 2.25. The van der Waals surface area contributed by atoms with E-state index in [0.717, 1.165) is 42.2 Å². The molecule has 1 atom stereocenters. The highest BCUT2D eigenvalue weighted by Gasteiger charge is 2.34. The van der Waals surface area contributed by atoms with Crippen LogP contribution in [-0.4, -0.2) is 83.2 Å². The third-order valence-corrected chi connectivity index (χ3v) is 8.36.